The van der Waals surface area contributed by atoms with Crippen molar-refractivity contribution in [1.82, 2.24) is 9.97 Å². The molecular weight excluding hydrogens is 224 g/mol. The highest BCUT2D eigenvalue weighted by Crippen LogP contribution is 2.23. The number of rotatable bonds is 0. The molecule has 2 aromatic carbocycles. The molecule has 0 saturated carbocycles. The molecule has 4 heteroatoms. The molecule has 3 rings (SSSR count). The van der Waals surface area contributed by atoms with Crippen LogP contribution in [0.5, 0.6) is 0 Å². The van der Waals surface area contributed by atoms with Crippen LogP contribution >= 0.6 is 0 Å². The molecule has 0 aliphatic rings. The summed E-state index contributed by atoms with van der Waals surface area (Å²) in [4.78, 5) is 8.42. The topological polar surface area (TPSA) is 73.4 Å². The van der Waals surface area contributed by atoms with E-state index in [1.165, 1.54) is 0 Å². The summed E-state index contributed by atoms with van der Waals surface area (Å²) in [6, 6.07) is 15.3. The van der Waals surface area contributed by atoms with E-state index in [1.54, 1.807) is 0 Å². The summed E-state index contributed by atoms with van der Waals surface area (Å²) in [5.41, 5.74) is 1.43. The van der Waals surface area contributed by atoms with E-state index < -0.39 is 0 Å². The molecule has 0 amide bonds. The summed E-state index contributed by atoms with van der Waals surface area (Å²) < 4.78 is 0. The summed E-state index contributed by atoms with van der Waals surface area (Å²) in [6.45, 7) is 0. The second-order valence-electron chi connectivity index (χ2n) is 3.80. The zero-order chi connectivity index (χ0) is 12.5. The molecule has 0 N–H and O–H groups in total. The molecule has 0 bridgehead atoms. The maximum atomic E-state index is 8.98. The van der Waals surface area contributed by atoms with Crippen molar-refractivity contribution in [2.75, 3.05) is 0 Å². The lowest BCUT2D eigenvalue weighted by molar-refractivity contribution is 1.20. The minimum atomic E-state index is 0.0697. The molecule has 0 aliphatic carbocycles. The normalized spacial score (nSPS) is 10.1. The first-order chi connectivity index (χ1) is 8.83. The standard InChI is InChI=1S/C14H6N4/c15-7-12-13(8-16)18-14-10-4-2-1-3-9(10)5-6-11(14)17-12/h1-6H. The Morgan fingerprint density at radius 2 is 1.56 bits per heavy atom. The third kappa shape index (κ3) is 1.37. The Hall–Kier alpha value is -2.98. The number of hydrogen-bond donors (Lipinski definition) is 0. The van der Waals surface area contributed by atoms with Crippen molar-refractivity contribution < 1.29 is 0 Å². The second-order valence-corrected chi connectivity index (χ2v) is 3.80. The van der Waals surface area contributed by atoms with Crippen LogP contribution in [0.2, 0.25) is 0 Å². The maximum absolute atomic E-state index is 8.98. The lowest BCUT2D eigenvalue weighted by Crippen LogP contribution is -1.95. The third-order valence-electron chi connectivity index (χ3n) is 2.77. The Morgan fingerprint density at radius 3 is 2.33 bits per heavy atom. The lowest BCUT2D eigenvalue weighted by atomic mass is 10.1. The van der Waals surface area contributed by atoms with Gasteiger partial charge in [0.2, 0.25) is 0 Å². The Labute approximate surface area is 103 Å². The van der Waals surface area contributed by atoms with Crippen molar-refractivity contribution in [3.05, 3.63) is 47.8 Å². The molecule has 1 aromatic heterocycles. The highest BCUT2D eigenvalue weighted by Gasteiger charge is 2.09. The van der Waals surface area contributed by atoms with Crippen LogP contribution in [-0.4, -0.2) is 9.97 Å². The lowest BCUT2D eigenvalue weighted by Gasteiger charge is -2.03. The van der Waals surface area contributed by atoms with Gasteiger partial charge in [-0.05, 0) is 11.5 Å². The molecule has 82 valence electrons. The van der Waals surface area contributed by atoms with Crippen LogP contribution in [0.4, 0.5) is 0 Å². The van der Waals surface area contributed by atoms with E-state index in [1.807, 2.05) is 48.5 Å². The van der Waals surface area contributed by atoms with E-state index in [0.29, 0.717) is 11.0 Å². The Kier molecular flexibility index (Phi) is 2.15. The molecule has 0 unspecified atom stereocenters. The average molecular weight is 230 g/mol. The highest BCUT2D eigenvalue weighted by atomic mass is 14.8. The predicted octanol–water partition coefficient (Wildman–Crippen LogP) is 2.53. The quantitative estimate of drug-likeness (QED) is 0.556. The van der Waals surface area contributed by atoms with Gasteiger partial charge in [-0.15, -0.1) is 0 Å². The smallest absolute Gasteiger partial charge is 0.177 e. The zero-order valence-electron chi connectivity index (χ0n) is 9.25. The molecule has 0 fully saturated rings. The summed E-state index contributed by atoms with van der Waals surface area (Å²) in [7, 11) is 0. The van der Waals surface area contributed by atoms with Gasteiger partial charge in [-0.1, -0.05) is 30.3 Å². The van der Waals surface area contributed by atoms with Gasteiger partial charge in [-0.25, -0.2) is 9.97 Å². The van der Waals surface area contributed by atoms with Crippen LogP contribution in [0, 0.1) is 22.7 Å². The molecule has 4 nitrogen and oxygen atoms in total. The van der Waals surface area contributed by atoms with Gasteiger partial charge in [0.1, 0.15) is 12.1 Å². The Bertz CT molecular complexity index is 853. The number of benzene rings is 2. The molecule has 0 radical (unpaired) electrons. The second kappa shape index (κ2) is 3.80. The fourth-order valence-corrected chi connectivity index (χ4v) is 1.95. The molecule has 18 heavy (non-hydrogen) atoms. The molecule has 0 atom stereocenters. The fourth-order valence-electron chi connectivity index (χ4n) is 1.95. The summed E-state index contributed by atoms with van der Waals surface area (Å²) in [6.07, 6.45) is 0. The van der Waals surface area contributed by atoms with Gasteiger partial charge in [0.05, 0.1) is 11.0 Å². The zero-order valence-corrected chi connectivity index (χ0v) is 9.25. The van der Waals surface area contributed by atoms with Crippen LogP contribution in [0.15, 0.2) is 36.4 Å². The fraction of sp³-hybridized carbons (Fsp3) is 0. The largest absolute Gasteiger partial charge is 0.232 e. The molecule has 0 saturated heterocycles. The first-order valence-electron chi connectivity index (χ1n) is 5.33. The van der Waals surface area contributed by atoms with Gasteiger partial charge in [0.15, 0.2) is 11.4 Å². The van der Waals surface area contributed by atoms with E-state index in [4.69, 9.17) is 10.5 Å². The van der Waals surface area contributed by atoms with Crippen molar-refractivity contribution in [2.45, 2.75) is 0 Å². The predicted molar refractivity (Wildman–Crippen MR) is 66.5 cm³/mol. The van der Waals surface area contributed by atoms with Gasteiger partial charge < -0.3 is 0 Å². The van der Waals surface area contributed by atoms with Crippen molar-refractivity contribution in [3.63, 3.8) is 0 Å². The van der Waals surface area contributed by atoms with Crippen LogP contribution in [-0.2, 0) is 0 Å². The van der Waals surface area contributed by atoms with Crippen LogP contribution in [0.25, 0.3) is 21.8 Å². The minimum Gasteiger partial charge on any atom is -0.232 e. The van der Waals surface area contributed by atoms with Crippen molar-refractivity contribution in [1.29, 1.82) is 10.5 Å². The highest BCUT2D eigenvalue weighted by molar-refractivity contribution is 6.03. The van der Waals surface area contributed by atoms with Crippen LogP contribution in [0.3, 0.4) is 0 Å². The van der Waals surface area contributed by atoms with Crippen molar-refractivity contribution in [2.24, 2.45) is 0 Å². The van der Waals surface area contributed by atoms with Gasteiger partial charge in [0, 0.05) is 5.39 Å². The summed E-state index contributed by atoms with van der Waals surface area (Å²) >= 11 is 0. The number of fused-ring (bicyclic) bond motifs is 3. The Balaban J connectivity index is 2.53. The molecule has 0 spiro atoms. The monoisotopic (exact) mass is 230 g/mol. The summed E-state index contributed by atoms with van der Waals surface area (Å²) in [5.74, 6) is 0. The van der Waals surface area contributed by atoms with E-state index in [0.717, 1.165) is 10.8 Å². The van der Waals surface area contributed by atoms with E-state index in [2.05, 4.69) is 9.97 Å². The Morgan fingerprint density at radius 1 is 0.833 bits per heavy atom. The number of hydrogen-bond acceptors (Lipinski definition) is 4. The van der Waals surface area contributed by atoms with E-state index >= 15 is 0 Å². The van der Waals surface area contributed by atoms with Crippen LogP contribution in [0.1, 0.15) is 11.4 Å². The first kappa shape index (κ1) is 10.2. The van der Waals surface area contributed by atoms with Gasteiger partial charge in [-0.3, -0.25) is 0 Å². The third-order valence-corrected chi connectivity index (χ3v) is 2.77. The van der Waals surface area contributed by atoms with Crippen LogP contribution < -0.4 is 0 Å². The SMILES string of the molecule is N#Cc1nc2ccc3ccccc3c2nc1C#N. The molecule has 0 aliphatic heterocycles. The number of nitrogens with zero attached hydrogens (tertiary/aromatic N) is 4. The van der Waals surface area contributed by atoms with E-state index in [9.17, 15) is 0 Å². The number of nitriles is 2. The average Bonchev–Trinajstić information content (AvgIpc) is 2.45. The van der Waals surface area contributed by atoms with Gasteiger partial charge >= 0.3 is 0 Å². The molecular formula is C14H6N4. The van der Waals surface area contributed by atoms with E-state index in [-0.39, 0.29) is 11.4 Å². The number of aromatic nitrogens is 2. The summed E-state index contributed by atoms with van der Waals surface area (Å²) in [5, 5.41) is 19.9. The molecule has 3 aromatic rings. The molecule has 1 heterocycles. The van der Waals surface area contributed by atoms with Gasteiger partial charge in [0.25, 0.3) is 0 Å². The first-order valence-corrected chi connectivity index (χ1v) is 5.33. The van der Waals surface area contributed by atoms with Gasteiger partial charge in [-0.2, -0.15) is 10.5 Å². The maximum Gasteiger partial charge on any atom is 0.177 e. The minimum absolute atomic E-state index is 0.0697. The van der Waals surface area contributed by atoms with Crippen molar-refractivity contribution in [3.8, 4) is 12.1 Å². The van der Waals surface area contributed by atoms with Crippen molar-refractivity contribution >= 4 is 21.8 Å².